The lowest BCUT2D eigenvalue weighted by Gasteiger charge is -2.30. The zero-order valence-corrected chi connectivity index (χ0v) is 11.3. The molecule has 1 fully saturated rings. The normalized spacial score (nSPS) is 19.7. The number of rotatable bonds is 3. The second-order valence-electron chi connectivity index (χ2n) is 5.29. The summed E-state index contributed by atoms with van der Waals surface area (Å²) >= 11 is 0. The van der Waals surface area contributed by atoms with Crippen molar-refractivity contribution in [2.45, 2.75) is 32.6 Å². The minimum atomic E-state index is -0.832. The summed E-state index contributed by atoms with van der Waals surface area (Å²) in [6, 6.07) is 1.80. The zero-order chi connectivity index (χ0) is 14.0. The van der Waals surface area contributed by atoms with Crippen LogP contribution in [0.25, 0.3) is 0 Å². The smallest absolute Gasteiger partial charge is 0.308 e. The Morgan fingerprint density at radius 2 is 2.21 bits per heavy atom. The van der Waals surface area contributed by atoms with Gasteiger partial charge in [0, 0.05) is 18.7 Å². The van der Waals surface area contributed by atoms with Gasteiger partial charge in [-0.15, -0.1) is 0 Å². The molecule has 1 unspecified atom stereocenters. The van der Waals surface area contributed by atoms with Gasteiger partial charge >= 0.3 is 5.97 Å². The standard InChI is InChI=1S/C14H19NO4/c1-9(2)11-5-7-19-12(11)13(16)15-6-3-4-10(8-15)14(17)18/h5,7,9-10H,3-4,6,8H2,1-2H3,(H,17,18). The molecule has 0 spiro atoms. The summed E-state index contributed by atoms with van der Waals surface area (Å²) in [7, 11) is 0. The van der Waals surface area contributed by atoms with Crippen molar-refractivity contribution >= 4 is 11.9 Å². The number of likely N-dealkylation sites (tertiary alicyclic amines) is 1. The SMILES string of the molecule is CC(C)c1ccoc1C(=O)N1CCCC(C(=O)O)C1. The molecule has 1 amide bonds. The predicted molar refractivity (Wildman–Crippen MR) is 69.1 cm³/mol. The van der Waals surface area contributed by atoms with Gasteiger partial charge in [-0.25, -0.2) is 0 Å². The maximum Gasteiger partial charge on any atom is 0.308 e. The van der Waals surface area contributed by atoms with Crippen LogP contribution in [-0.2, 0) is 4.79 Å². The summed E-state index contributed by atoms with van der Waals surface area (Å²) in [5, 5.41) is 9.05. The third-order valence-corrected chi connectivity index (χ3v) is 3.57. The van der Waals surface area contributed by atoms with E-state index in [9.17, 15) is 9.59 Å². The monoisotopic (exact) mass is 265 g/mol. The summed E-state index contributed by atoms with van der Waals surface area (Å²) in [6.07, 6.45) is 2.87. The predicted octanol–water partition coefficient (Wildman–Crippen LogP) is 2.34. The molecule has 1 aliphatic heterocycles. The van der Waals surface area contributed by atoms with Crippen molar-refractivity contribution in [2.24, 2.45) is 5.92 Å². The van der Waals surface area contributed by atoms with Crippen LogP contribution in [0.3, 0.4) is 0 Å². The van der Waals surface area contributed by atoms with Gasteiger partial charge in [-0.05, 0) is 24.8 Å². The molecule has 1 N–H and O–H groups in total. The first-order valence-electron chi connectivity index (χ1n) is 6.60. The Balaban J connectivity index is 2.15. The lowest BCUT2D eigenvalue weighted by molar-refractivity contribution is -0.143. The first-order valence-corrected chi connectivity index (χ1v) is 6.60. The molecule has 19 heavy (non-hydrogen) atoms. The fourth-order valence-corrected chi connectivity index (χ4v) is 2.45. The van der Waals surface area contributed by atoms with Gasteiger partial charge in [0.25, 0.3) is 5.91 Å². The first-order chi connectivity index (χ1) is 9.00. The summed E-state index contributed by atoms with van der Waals surface area (Å²) in [6.45, 7) is 4.86. The number of hydrogen-bond donors (Lipinski definition) is 1. The number of amides is 1. The fraction of sp³-hybridized carbons (Fsp3) is 0.571. The molecule has 0 aromatic carbocycles. The zero-order valence-electron chi connectivity index (χ0n) is 11.3. The highest BCUT2D eigenvalue weighted by Crippen LogP contribution is 2.24. The van der Waals surface area contributed by atoms with Crippen LogP contribution >= 0.6 is 0 Å². The highest BCUT2D eigenvalue weighted by Gasteiger charge is 2.31. The maximum atomic E-state index is 12.4. The van der Waals surface area contributed by atoms with E-state index >= 15 is 0 Å². The van der Waals surface area contributed by atoms with Crippen LogP contribution in [0.4, 0.5) is 0 Å². The lowest BCUT2D eigenvalue weighted by Crippen LogP contribution is -2.42. The quantitative estimate of drug-likeness (QED) is 0.910. The van der Waals surface area contributed by atoms with Crippen LogP contribution in [0, 0.1) is 5.92 Å². The van der Waals surface area contributed by atoms with Crippen LogP contribution < -0.4 is 0 Å². The van der Waals surface area contributed by atoms with Crippen molar-refractivity contribution in [3.8, 4) is 0 Å². The van der Waals surface area contributed by atoms with E-state index in [0.717, 1.165) is 12.0 Å². The number of nitrogens with zero attached hydrogens (tertiary/aromatic N) is 1. The first kappa shape index (κ1) is 13.6. The minimum absolute atomic E-state index is 0.195. The largest absolute Gasteiger partial charge is 0.481 e. The van der Waals surface area contributed by atoms with Gasteiger partial charge in [0.2, 0.25) is 0 Å². The highest BCUT2D eigenvalue weighted by molar-refractivity contribution is 5.93. The molecule has 1 aromatic rings. The van der Waals surface area contributed by atoms with Crippen molar-refractivity contribution in [1.82, 2.24) is 4.90 Å². The minimum Gasteiger partial charge on any atom is -0.481 e. The molecular weight excluding hydrogens is 246 g/mol. The number of carbonyl (C=O) groups is 2. The third-order valence-electron chi connectivity index (χ3n) is 3.57. The number of piperidine rings is 1. The Kier molecular flexibility index (Phi) is 3.93. The number of aliphatic carboxylic acids is 1. The van der Waals surface area contributed by atoms with E-state index < -0.39 is 11.9 Å². The van der Waals surface area contributed by atoms with Gasteiger partial charge in [-0.3, -0.25) is 9.59 Å². The van der Waals surface area contributed by atoms with E-state index in [1.54, 1.807) is 11.0 Å². The molecule has 2 heterocycles. The van der Waals surface area contributed by atoms with Crippen molar-refractivity contribution in [3.63, 3.8) is 0 Å². The molecule has 0 radical (unpaired) electrons. The molecule has 1 aliphatic rings. The van der Waals surface area contributed by atoms with E-state index in [1.807, 2.05) is 13.8 Å². The van der Waals surface area contributed by atoms with E-state index in [4.69, 9.17) is 9.52 Å². The van der Waals surface area contributed by atoms with Gasteiger partial charge in [0.05, 0.1) is 12.2 Å². The molecule has 1 atom stereocenters. The van der Waals surface area contributed by atoms with Gasteiger partial charge < -0.3 is 14.4 Å². The maximum absolute atomic E-state index is 12.4. The topological polar surface area (TPSA) is 70.8 Å². The van der Waals surface area contributed by atoms with Gasteiger partial charge in [-0.1, -0.05) is 13.8 Å². The molecular formula is C14H19NO4. The van der Waals surface area contributed by atoms with Crippen molar-refractivity contribution < 1.29 is 19.1 Å². The lowest BCUT2D eigenvalue weighted by atomic mass is 9.97. The Morgan fingerprint density at radius 3 is 2.84 bits per heavy atom. The molecule has 0 saturated carbocycles. The molecule has 5 heteroatoms. The van der Waals surface area contributed by atoms with E-state index in [1.165, 1.54) is 6.26 Å². The Hall–Kier alpha value is -1.78. The Labute approximate surface area is 112 Å². The van der Waals surface area contributed by atoms with Crippen molar-refractivity contribution in [2.75, 3.05) is 13.1 Å². The molecule has 0 bridgehead atoms. The molecule has 104 valence electrons. The third kappa shape index (κ3) is 2.80. The van der Waals surface area contributed by atoms with E-state index in [0.29, 0.717) is 18.7 Å². The fourth-order valence-electron chi connectivity index (χ4n) is 2.45. The van der Waals surface area contributed by atoms with Crippen LogP contribution in [0.15, 0.2) is 16.7 Å². The number of carboxylic acids is 1. The number of carbonyl (C=O) groups excluding carboxylic acids is 1. The average molecular weight is 265 g/mol. The number of hydrogen-bond acceptors (Lipinski definition) is 3. The molecule has 2 rings (SSSR count). The second-order valence-corrected chi connectivity index (χ2v) is 5.29. The summed E-state index contributed by atoms with van der Waals surface area (Å²) in [4.78, 5) is 25.0. The molecule has 0 aliphatic carbocycles. The van der Waals surface area contributed by atoms with Gasteiger partial charge in [0.1, 0.15) is 0 Å². The van der Waals surface area contributed by atoms with Crippen LogP contribution in [0.5, 0.6) is 0 Å². The average Bonchev–Trinajstić information content (AvgIpc) is 2.87. The van der Waals surface area contributed by atoms with Gasteiger partial charge in [0.15, 0.2) is 5.76 Å². The highest BCUT2D eigenvalue weighted by atomic mass is 16.4. The van der Waals surface area contributed by atoms with E-state index in [2.05, 4.69) is 0 Å². The number of carboxylic acid groups (broad SMARTS) is 1. The van der Waals surface area contributed by atoms with Crippen molar-refractivity contribution in [3.05, 3.63) is 23.7 Å². The molecule has 1 saturated heterocycles. The Bertz CT molecular complexity index is 478. The number of furan rings is 1. The van der Waals surface area contributed by atoms with Crippen molar-refractivity contribution in [1.29, 1.82) is 0 Å². The second kappa shape index (κ2) is 5.47. The van der Waals surface area contributed by atoms with E-state index in [-0.39, 0.29) is 18.4 Å². The molecule has 5 nitrogen and oxygen atoms in total. The summed E-state index contributed by atoms with van der Waals surface area (Å²) in [5.74, 6) is -0.936. The van der Waals surface area contributed by atoms with Crippen LogP contribution in [0.1, 0.15) is 48.7 Å². The summed E-state index contributed by atoms with van der Waals surface area (Å²) < 4.78 is 5.30. The van der Waals surface area contributed by atoms with Gasteiger partial charge in [-0.2, -0.15) is 0 Å². The summed E-state index contributed by atoms with van der Waals surface area (Å²) in [5.41, 5.74) is 0.877. The molecule has 1 aromatic heterocycles. The van der Waals surface area contributed by atoms with Crippen LogP contribution in [0.2, 0.25) is 0 Å². The van der Waals surface area contributed by atoms with Crippen LogP contribution in [-0.4, -0.2) is 35.0 Å². The Morgan fingerprint density at radius 1 is 1.47 bits per heavy atom.